The first-order valence-electron chi connectivity index (χ1n) is 20.7. The molecule has 0 saturated carbocycles. The van der Waals surface area contributed by atoms with E-state index in [0.29, 0.717) is 0 Å². The molecular weight excluding hydrogens is 739 g/mol. The smallest absolute Gasteiger partial charge is 0.0736 e. The fourth-order valence-electron chi connectivity index (χ4n) is 8.58. The van der Waals surface area contributed by atoms with Crippen molar-refractivity contribution in [2.45, 2.75) is 0 Å². The molecule has 3 heteroatoms. The summed E-state index contributed by atoms with van der Waals surface area (Å²) in [5.41, 5.74) is 19.7. The zero-order valence-corrected chi connectivity index (χ0v) is 33.3. The van der Waals surface area contributed by atoms with Crippen molar-refractivity contribution < 1.29 is 0 Å². The van der Waals surface area contributed by atoms with Crippen LogP contribution in [0.25, 0.3) is 111 Å². The summed E-state index contributed by atoms with van der Waals surface area (Å²) in [7, 11) is 0. The van der Waals surface area contributed by atoms with Gasteiger partial charge in [-0.25, -0.2) is 4.98 Å². The first-order chi connectivity index (χ1) is 30.2. The number of aromatic nitrogens is 3. The van der Waals surface area contributed by atoms with Gasteiger partial charge in [0.1, 0.15) is 0 Å². The van der Waals surface area contributed by atoms with Crippen LogP contribution in [-0.4, -0.2) is 15.0 Å². The maximum Gasteiger partial charge on any atom is 0.0736 e. The molecule has 0 aliphatic rings. The number of pyridine rings is 2. The van der Waals surface area contributed by atoms with Gasteiger partial charge in [0.25, 0.3) is 0 Å². The highest BCUT2D eigenvalue weighted by Crippen LogP contribution is 2.40. The molecule has 0 fully saturated rings. The molecule has 0 bridgehead atoms. The molecule has 0 aliphatic heterocycles. The van der Waals surface area contributed by atoms with Crippen molar-refractivity contribution in [2.24, 2.45) is 0 Å². The van der Waals surface area contributed by atoms with Crippen molar-refractivity contribution in [3.63, 3.8) is 0 Å². The first kappa shape index (κ1) is 36.0. The molecule has 0 spiro atoms. The highest BCUT2D eigenvalue weighted by Gasteiger charge is 2.17. The Morgan fingerprint density at radius 1 is 0.262 bits per heavy atom. The molecule has 0 unspecified atom stereocenters. The highest BCUT2D eigenvalue weighted by molar-refractivity contribution is 6.15. The van der Waals surface area contributed by atoms with E-state index in [1.165, 1.54) is 27.8 Å². The molecule has 8 aromatic carbocycles. The number of H-pyrrole nitrogens is 1. The Morgan fingerprint density at radius 2 is 0.656 bits per heavy atom. The Labute approximate surface area is 355 Å². The van der Waals surface area contributed by atoms with E-state index in [2.05, 4.69) is 229 Å². The Hall–Kier alpha value is -8.14. The SMILES string of the molecule is c1ccc(-c2ccc(-c3ccnc(-c4cccc5c4[nH]c4c(-c6cc(-c7ccc(-c8ccccc8)cc7)cc(-c7cccc(-c8ccccc8)c7)n6)cccc45)c3)cc2)cc1. The Morgan fingerprint density at radius 3 is 1.23 bits per heavy atom. The van der Waals surface area contributed by atoms with E-state index in [0.717, 1.165) is 83.4 Å². The van der Waals surface area contributed by atoms with Crippen LogP contribution in [0, 0.1) is 0 Å². The Kier molecular flexibility index (Phi) is 9.18. The lowest BCUT2D eigenvalue weighted by atomic mass is 9.96. The third-order valence-electron chi connectivity index (χ3n) is 11.7. The minimum absolute atomic E-state index is 0.905. The molecule has 0 radical (unpaired) electrons. The highest BCUT2D eigenvalue weighted by atomic mass is 14.8. The molecule has 0 aliphatic carbocycles. The maximum absolute atomic E-state index is 5.44. The summed E-state index contributed by atoms with van der Waals surface area (Å²) in [5, 5.41) is 2.30. The van der Waals surface area contributed by atoms with Crippen molar-refractivity contribution in [1.82, 2.24) is 15.0 Å². The normalized spacial score (nSPS) is 11.3. The van der Waals surface area contributed by atoms with Gasteiger partial charge in [-0.2, -0.15) is 0 Å². The van der Waals surface area contributed by atoms with Crippen LogP contribution in [0.4, 0.5) is 0 Å². The lowest BCUT2D eigenvalue weighted by Crippen LogP contribution is -1.93. The average molecular weight is 778 g/mol. The molecule has 0 amide bonds. The number of rotatable bonds is 8. The van der Waals surface area contributed by atoms with Crippen LogP contribution in [0.2, 0.25) is 0 Å². The summed E-state index contributed by atoms with van der Waals surface area (Å²) in [4.78, 5) is 14.2. The summed E-state index contributed by atoms with van der Waals surface area (Å²) in [5.74, 6) is 0. The van der Waals surface area contributed by atoms with Crippen LogP contribution in [0.5, 0.6) is 0 Å². The summed E-state index contributed by atoms with van der Waals surface area (Å²) in [6.07, 6.45) is 1.92. The van der Waals surface area contributed by atoms with Crippen molar-refractivity contribution in [2.75, 3.05) is 0 Å². The third-order valence-corrected chi connectivity index (χ3v) is 11.7. The number of nitrogens with zero attached hydrogens (tertiary/aromatic N) is 2. The summed E-state index contributed by atoms with van der Waals surface area (Å²) in [6.45, 7) is 0. The van der Waals surface area contributed by atoms with Crippen LogP contribution >= 0.6 is 0 Å². The second-order valence-corrected chi connectivity index (χ2v) is 15.5. The van der Waals surface area contributed by atoms with Crippen LogP contribution in [0.1, 0.15) is 0 Å². The summed E-state index contributed by atoms with van der Waals surface area (Å²) >= 11 is 0. The molecular formula is C58H39N3. The number of hydrogen-bond donors (Lipinski definition) is 1. The fourth-order valence-corrected chi connectivity index (χ4v) is 8.58. The van der Waals surface area contributed by atoms with Gasteiger partial charge in [-0.15, -0.1) is 0 Å². The topological polar surface area (TPSA) is 41.6 Å². The Bertz CT molecular complexity index is 3310. The molecule has 61 heavy (non-hydrogen) atoms. The minimum Gasteiger partial charge on any atom is -0.353 e. The van der Waals surface area contributed by atoms with Gasteiger partial charge in [-0.05, 0) is 86.0 Å². The van der Waals surface area contributed by atoms with E-state index in [1.807, 2.05) is 6.20 Å². The number of fused-ring (bicyclic) bond motifs is 3. The zero-order valence-electron chi connectivity index (χ0n) is 33.3. The van der Waals surface area contributed by atoms with Gasteiger partial charge in [-0.1, -0.05) is 194 Å². The quantitative estimate of drug-likeness (QED) is 0.167. The molecule has 3 aromatic heterocycles. The van der Waals surface area contributed by atoms with E-state index < -0.39 is 0 Å². The summed E-state index contributed by atoms with van der Waals surface area (Å²) in [6, 6.07) is 79.7. The number of para-hydroxylation sites is 2. The number of aromatic amines is 1. The maximum atomic E-state index is 5.44. The van der Waals surface area contributed by atoms with Crippen LogP contribution in [0.3, 0.4) is 0 Å². The fraction of sp³-hybridized carbons (Fsp3) is 0. The predicted octanol–water partition coefficient (Wildman–Crippen LogP) is 15.4. The van der Waals surface area contributed by atoms with Crippen LogP contribution in [-0.2, 0) is 0 Å². The van der Waals surface area contributed by atoms with Crippen molar-refractivity contribution in [1.29, 1.82) is 0 Å². The largest absolute Gasteiger partial charge is 0.353 e. The lowest BCUT2D eigenvalue weighted by Gasteiger charge is -2.13. The number of nitrogens with one attached hydrogen (secondary N) is 1. The van der Waals surface area contributed by atoms with Gasteiger partial charge in [0.05, 0.1) is 28.1 Å². The molecule has 11 aromatic rings. The lowest BCUT2D eigenvalue weighted by molar-refractivity contribution is 1.32. The van der Waals surface area contributed by atoms with E-state index in [-0.39, 0.29) is 0 Å². The van der Waals surface area contributed by atoms with Gasteiger partial charge < -0.3 is 4.98 Å². The second-order valence-electron chi connectivity index (χ2n) is 15.5. The molecule has 3 nitrogen and oxygen atoms in total. The van der Waals surface area contributed by atoms with E-state index >= 15 is 0 Å². The number of benzene rings is 8. The standard InChI is InChI=1S/C58H39N3/c1-4-13-39(14-5-1)42-25-29-44(30-26-42)47-33-34-59-55(36-47)52-23-11-21-50-51-22-12-24-53(58(51)61-57(50)52)56-38-49(45-31-27-43(28-32-45)40-15-6-2-7-16-40)37-54(60-56)48-20-10-19-46(35-48)41-17-8-3-9-18-41/h1-38,61H. The van der Waals surface area contributed by atoms with Crippen molar-refractivity contribution in [3.8, 4) is 89.4 Å². The van der Waals surface area contributed by atoms with Crippen molar-refractivity contribution in [3.05, 3.63) is 231 Å². The predicted molar refractivity (Wildman–Crippen MR) is 255 cm³/mol. The van der Waals surface area contributed by atoms with Crippen LogP contribution in [0.15, 0.2) is 231 Å². The molecule has 0 atom stereocenters. The van der Waals surface area contributed by atoms with Crippen molar-refractivity contribution >= 4 is 21.8 Å². The van der Waals surface area contributed by atoms with Crippen LogP contribution < -0.4 is 0 Å². The first-order valence-corrected chi connectivity index (χ1v) is 20.7. The van der Waals surface area contributed by atoms with Gasteiger partial charge in [-0.3, -0.25) is 4.98 Å². The van der Waals surface area contributed by atoms with E-state index in [1.54, 1.807) is 0 Å². The average Bonchev–Trinajstić information content (AvgIpc) is 3.74. The third kappa shape index (κ3) is 6.98. The van der Waals surface area contributed by atoms with Gasteiger partial charge in [0, 0.05) is 33.7 Å². The van der Waals surface area contributed by atoms with E-state index in [9.17, 15) is 0 Å². The van der Waals surface area contributed by atoms with E-state index in [4.69, 9.17) is 9.97 Å². The number of hydrogen-bond acceptors (Lipinski definition) is 2. The van der Waals surface area contributed by atoms with Gasteiger partial charge in [0.15, 0.2) is 0 Å². The Balaban J connectivity index is 1.02. The zero-order chi connectivity index (χ0) is 40.5. The minimum atomic E-state index is 0.905. The molecule has 1 N–H and O–H groups in total. The summed E-state index contributed by atoms with van der Waals surface area (Å²) < 4.78 is 0. The molecule has 0 saturated heterocycles. The van der Waals surface area contributed by atoms with Gasteiger partial charge in [0.2, 0.25) is 0 Å². The van der Waals surface area contributed by atoms with Gasteiger partial charge >= 0.3 is 0 Å². The second kappa shape index (κ2) is 15.6. The molecule has 11 rings (SSSR count). The monoisotopic (exact) mass is 777 g/mol. The molecule has 3 heterocycles. The molecule has 286 valence electrons.